The molecular weight excluding hydrogens is 276 g/mol. The molecule has 112 valence electrons. The van der Waals surface area contributed by atoms with Crippen LogP contribution in [-0.2, 0) is 0 Å². The van der Waals surface area contributed by atoms with Crippen molar-refractivity contribution in [2.75, 3.05) is 13.2 Å². The van der Waals surface area contributed by atoms with E-state index in [-0.39, 0.29) is 13.2 Å². The molecule has 1 atom stereocenters. The van der Waals surface area contributed by atoms with Crippen molar-refractivity contribution in [3.05, 3.63) is 72.8 Å². The summed E-state index contributed by atoms with van der Waals surface area (Å²) in [5.74, 6) is 1.52. The molecular formula is C19H18O3. The molecule has 0 saturated carbocycles. The molecule has 3 nitrogen and oxygen atoms in total. The van der Waals surface area contributed by atoms with Gasteiger partial charge in [-0.25, -0.2) is 0 Å². The summed E-state index contributed by atoms with van der Waals surface area (Å²) < 4.78 is 11.3. The fourth-order valence-electron chi connectivity index (χ4n) is 2.26. The monoisotopic (exact) mass is 294 g/mol. The van der Waals surface area contributed by atoms with E-state index in [2.05, 4.69) is 0 Å². The van der Waals surface area contributed by atoms with Crippen molar-refractivity contribution < 1.29 is 14.6 Å². The number of aliphatic hydroxyl groups is 1. The first kappa shape index (κ1) is 14.4. The van der Waals surface area contributed by atoms with E-state index in [1.807, 2.05) is 72.8 Å². The van der Waals surface area contributed by atoms with Gasteiger partial charge in [-0.15, -0.1) is 0 Å². The molecule has 0 saturated heterocycles. The van der Waals surface area contributed by atoms with Gasteiger partial charge in [-0.05, 0) is 23.6 Å². The van der Waals surface area contributed by atoms with Crippen molar-refractivity contribution in [2.45, 2.75) is 6.10 Å². The SMILES string of the molecule is OC(COc1ccccc1)COc1cccc2ccccc12. The molecule has 3 heteroatoms. The van der Waals surface area contributed by atoms with E-state index in [1.165, 1.54) is 0 Å². The number of rotatable bonds is 6. The summed E-state index contributed by atoms with van der Waals surface area (Å²) in [7, 11) is 0. The van der Waals surface area contributed by atoms with Gasteiger partial charge in [0.05, 0.1) is 0 Å². The average Bonchev–Trinajstić information content (AvgIpc) is 2.59. The largest absolute Gasteiger partial charge is 0.491 e. The molecule has 3 aromatic carbocycles. The molecule has 0 aliphatic rings. The summed E-state index contributed by atoms with van der Waals surface area (Å²) in [6, 6.07) is 23.4. The van der Waals surface area contributed by atoms with E-state index in [1.54, 1.807) is 0 Å². The summed E-state index contributed by atoms with van der Waals surface area (Å²) in [4.78, 5) is 0. The van der Waals surface area contributed by atoms with Gasteiger partial charge in [0.2, 0.25) is 0 Å². The minimum Gasteiger partial charge on any atom is -0.491 e. The van der Waals surface area contributed by atoms with Crippen molar-refractivity contribution in [3.8, 4) is 11.5 Å². The van der Waals surface area contributed by atoms with Crippen LogP contribution < -0.4 is 9.47 Å². The lowest BCUT2D eigenvalue weighted by atomic mass is 10.1. The van der Waals surface area contributed by atoms with Crippen LogP contribution in [-0.4, -0.2) is 24.4 Å². The molecule has 0 aliphatic heterocycles. The Bertz CT molecular complexity index is 720. The number of fused-ring (bicyclic) bond motifs is 1. The maximum atomic E-state index is 9.99. The number of para-hydroxylation sites is 1. The molecule has 1 unspecified atom stereocenters. The second-order valence-electron chi connectivity index (χ2n) is 5.07. The molecule has 1 N–H and O–H groups in total. The molecule has 22 heavy (non-hydrogen) atoms. The molecule has 0 aromatic heterocycles. The third-order valence-corrected chi connectivity index (χ3v) is 3.37. The predicted octanol–water partition coefficient (Wildman–Crippen LogP) is 3.66. The molecule has 0 aliphatic carbocycles. The Morgan fingerprint density at radius 3 is 2.27 bits per heavy atom. The molecule has 0 bridgehead atoms. The third kappa shape index (κ3) is 3.57. The fourth-order valence-corrected chi connectivity index (χ4v) is 2.26. The molecule has 3 rings (SSSR count). The van der Waals surface area contributed by atoms with Crippen molar-refractivity contribution >= 4 is 10.8 Å². The molecule has 0 heterocycles. The Kier molecular flexibility index (Phi) is 4.56. The maximum absolute atomic E-state index is 9.99. The first-order valence-electron chi connectivity index (χ1n) is 7.29. The Labute approximate surface area is 129 Å². The first-order chi connectivity index (χ1) is 10.8. The number of ether oxygens (including phenoxy) is 2. The van der Waals surface area contributed by atoms with Gasteiger partial charge in [0.15, 0.2) is 0 Å². The van der Waals surface area contributed by atoms with Gasteiger partial charge >= 0.3 is 0 Å². The minimum atomic E-state index is -0.681. The second-order valence-corrected chi connectivity index (χ2v) is 5.07. The molecule has 0 spiro atoms. The van der Waals surface area contributed by atoms with Crippen molar-refractivity contribution in [3.63, 3.8) is 0 Å². The van der Waals surface area contributed by atoms with Gasteiger partial charge in [0.1, 0.15) is 30.8 Å². The normalized spacial score (nSPS) is 12.0. The maximum Gasteiger partial charge on any atom is 0.127 e. The van der Waals surface area contributed by atoms with E-state index in [4.69, 9.17) is 9.47 Å². The van der Waals surface area contributed by atoms with Crippen LogP contribution in [0.4, 0.5) is 0 Å². The predicted molar refractivity (Wildman–Crippen MR) is 87.4 cm³/mol. The highest BCUT2D eigenvalue weighted by molar-refractivity contribution is 5.88. The van der Waals surface area contributed by atoms with E-state index in [9.17, 15) is 5.11 Å². The fraction of sp³-hybridized carbons (Fsp3) is 0.158. The van der Waals surface area contributed by atoms with E-state index in [0.717, 1.165) is 22.3 Å². The summed E-state index contributed by atoms with van der Waals surface area (Å²) in [6.07, 6.45) is -0.681. The molecule has 0 amide bonds. The van der Waals surface area contributed by atoms with E-state index in [0.29, 0.717) is 0 Å². The van der Waals surface area contributed by atoms with Gasteiger partial charge in [0.25, 0.3) is 0 Å². The highest BCUT2D eigenvalue weighted by atomic mass is 16.5. The van der Waals surface area contributed by atoms with Gasteiger partial charge in [0, 0.05) is 5.39 Å². The summed E-state index contributed by atoms with van der Waals surface area (Å²) in [5.41, 5.74) is 0. The lowest BCUT2D eigenvalue weighted by molar-refractivity contribution is 0.0632. The van der Waals surface area contributed by atoms with Crippen molar-refractivity contribution in [1.82, 2.24) is 0 Å². The Hall–Kier alpha value is -2.52. The highest BCUT2D eigenvalue weighted by Gasteiger charge is 2.08. The molecule has 0 fully saturated rings. The van der Waals surface area contributed by atoms with Crippen LogP contribution in [0.1, 0.15) is 0 Å². The summed E-state index contributed by atoms with van der Waals surface area (Å²) in [5, 5.41) is 12.2. The van der Waals surface area contributed by atoms with Gasteiger partial charge in [-0.1, -0.05) is 54.6 Å². The van der Waals surface area contributed by atoms with Gasteiger partial charge < -0.3 is 14.6 Å². The smallest absolute Gasteiger partial charge is 0.127 e. The third-order valence-electron chi connectivity index (χ3n) is 3.37. The second kappa shape index (κ2) is 6.96. The van der Waals surface area contributed by atoms with Gasteiger partial charge in [-0.3, -0.25) is 0 Å². The first-order valence-corrected chi connectivity index (χ1v) is 7.29. The molecule has 3 aromatic rings. The number of hydrogen-bond acceptors (Lipinski definition) is 3. The van der Waals surface area contributed by atoms with Crippen LogP contribution in [0.5, 0.6) is 11.5 Å². The average molecular weight is 294 g/mol. The topological polar surface area (TPSA) is 38.7 Å². The zero-order valence-electron chi connectivity index (χ0n) is 12.2. The minimum absolute atomic E-state index is 0.195. The van der Waals surface area contributed by atoms with Crippen LogP contribution in [0.3, 0.4) is 0 Å². The van der Waals surface area contributed by atoms with Crippen LogP contribution in [0, 0.1) is 0 Å². The summed E-state index contributed by atoms with van der Waals surface area (Å²) in [6.45, 7) is 0.398. The standard InChI is InChI=1S/C19H18O3/c20-16(13-21-17-9-2-1-3-10-17)14-22-19-12-6-8-15-7-4-5-11-18(15)19/h1-12,16,20H,13-14H2. The van der Waals surface area contributed by atoms with Crippen LogP contribution in [0.15, 0.2) is 72.8 Å². The van der Waals surface area contributed by atoms with Crippen LogP contribution in [0.2, 0.25) is 0 Å². The number of benzene rings is 3. The number of hydrogen-bond donors (Lipinski definition) is 1. The zero-order valence-corrected chi connectivity index (χ0v) is 12.2. The van der Waals surface area contributed by atoms with Crippen LogP contribution in [0.25, 0.3) is 10.8 Å². The Morgan fingerprint density at radius 1 is 0.727 bits per heavy atom. The lowest BCUT2D eigenvalue weighted by Crippen LogP contribution is -2.25. The van der Waals surface area contributed by atoms with E-state index < -0.39 is 6.10 Å². The lowest BCUT2D eigenvalue weighted by Gasteiger charge is -2.14. The van der Waals surface area contributed by atoms with Crippen LogP contribution >= 0.6 is 0 Å². The molecule has 0 radical (unpaired) electrons. The number of aliphatic hydroxyl groups excluding tert-OH is 1. The van der Waals surface area contributed by atoms with Crippen molar-refractivity contribution in [1.29, 1.82) is 0 Å². The quantitative estimate of drug-likeness (QED) is 0.754. The summed E-state index contributed by atoms with van der Waals surface area (Å²) >= 11 is 0. The Morgan fingerprint density at radius 2 is 1.41 bits per heavy atom. The highest BCUT2D eigenvalue weighted by Crippen LogP contribution is 2.25. The van der Waals surface area contributed by atoms with E-state index >= 15 is 0 Å². The Balaban J connectivity index is 1.57. The van der Waals surface area contributed by atoms with Crippen molar-refractivity contribution in [2.24, 2.45) is 0 Å². The van der Waals surface area contributed by atoms with Gasteiger partial charge in [-0.2, -0.15) is 0 Å². The zero-order chi connectivity index (χ0) is 15.2.